The Bertz CT molecular complexity index is 477. The molecule has 1 rings (SSSR count). The molecule has 1 amide bonds. The third-order valence-corrected chi connectivity index (χ3v) is 2.67. The van der Waals surface area contributed by atoms with E-state index in [1.165, 1.54) is 17.2 Å². The topological polar surface area (TPSA) is 59.5 Å². The van der Waals surface area contributed by atoms with Crippen LogP contribution in [0.5, 0.6) is 0 Å². The monoisotopic (exact) mass is 298 g/mol. The molecule has 1 aromatic heterocycles. The first-order chi connectivity index (χ1) is 9.43. The van der Waals surface area contributed by atoms with E-state index in [2.05, 4.69) is 4.98 Å². The highest BCUT2D eigenvalue weighted by Gasteiger charge is 2.21. The molecule has 0 aromatic carbocycles. The standard InChI is InChI=1S/C14H19ClN2O3/c1-4-20-13(18)9-17(8-10(2)3)14(19)12-7-11(15)5-6-16-12/h5-7,10H,4,8-9H2,1-3H3. The molecule has 0 bridgehead atoms. The molecule has 5 nitrogen and oxygen atoms in total. The highest BCUT2D eigenvalue weighted by molar-refractivity contribution is 6.30. The third kappa shape index (κ3) is 5.17. The average Bonchev–Trinajstić information content (AvgIpc) is 2.37. The van der Waals surface area contributed by atoms with Crippen LogP contribution in [0.4, 0.5) is 0 Å². The number of esters is 1. The summed E-state index contributed by atoms with van der Waals surface area (Å²) in [6.45, 7) is 6.32. The number of amides is 1. The maximum absolute atomic E-state index is 12.4. The van der Waals surface area contributed by atoms with E-state index in [4.69, 9.17) is 16.3 Å². The fourth-order valence-corrected chi connectivity index (χ4v) is 1.87. The first kappa shape index (κ1) is 16.4. The van der Waals surface area contributed by atoms with Gasteiger partial charge < -0.3 is 9.64 Å². The van der Waals surface area contributed by atoms with Gasteiger partial charge in [-0.3, -0.25) is 14.6 Å². The summed E-state index contributed by atoms with van der Waals surface area (Å²) in [6, 6.07) is 3.08. The normalized spacial score (nSPS) is 10.4. The highest BCUT2D eigenvalue weighted by atomic mass is 35.5. The molecule has 0 aliphatic heterocycles. The van der Waals surface area contributed by atoms with Crippen molar-refractivity contribution in [2.24, 2.45) is 5.92 Å². The number of carbonyl (C=O) groups excluding carboxylic acids is 2. The second-order valence-corrected chi connectivity index (χ2v) is 5.18. The number of ether oxygens (including phenoxy) is 1. The molecule has 0 unspecified atom stereocenters. The zero-order chi connectivity index (χ0) is 15.1. The van der Waals surface area contributed by atoms with Gasteiger partial charge in [0.05, 0.1) is 6.61 Å². The van der Waals surface area contributed by atoms with E-state index >= 15 is 0 Å². The van der Waals surface area contributed by atoms with Gasteiger partial charge >= 0.3 is 5.97 Å². The van der Waals surface area contributed by atoms with E-state index in [-0.39, 0.29) is 30.7 Å². The number of aromatic nitrogens is 1. The zero-order valence-electron chi connectivity index (χ0n) is 11.9. The van der Waals surface area contributed by atoms with Crippen LogP contribution in [-0.4, -0.2) is 41.5 Å². The molecule has 0 aliphatic carbocycles. The van der Waals surface area contributed by atoms with Crippen LogP contribution in [0.25, 0.3) is 0 Å². The summed E-state index contributed by atoms with van der Waals surface area (Å²) in [5, 5.41) is 0.434. The van der Waals surface area contributed by atoms with Crippen molar-refractivity contribution >= 4 is 23.5 Å². The van der Waals surface area contributed by atoms with E-state index in [0.29, 0.717) is 11.6 Å². The van der Waals surface area contributed by atoms with Crippen molar-refractivity contribution in [1.82, 2.24) is 9.88 Å². The molecule has 20 heavy (non-hydrogen) atoms. The summed E-state index contributed by atoms with van der Waals surface area (Å²) in [7, 11) is 0. The van der Waals surface area contributed by atoms with Crippen LogP contribution in [-0.2, 0) is 9.53 Å². The summed E-state index contributed by atoms with van der Waals surface area (Å²) < 4.78 is 4.88. The van der Waals surface area contributed by atoms with E-state index in [9.17, 15) is 9.59 Å². The first-order valence-corrected chi connectivity index (χ1v) is 6.88. The second-order valence-electron chi connectivity index (χ2n) is 4.74. The lowest BCUT2D eigenvalue weighted by molar-refractivity contribution is -0.143. The second kappa shape index (κ2) is 7.85. The highest BCUT2D eigenvalue weighted by Crippen LogP contribution is 2.11. The molecule has 0 saturated carbocycles. The quantitative estimate of drug-likeness (QED) is 0.757. The van der Waals surface area contributed by atoms with Gasteiger partial charge in [-0.15, -0.1) is 0 Å². The number of nitrogens with zero attached hydrogens (tertiary/aromatic N) is 2. The Morgan fingerprint density at radius 3 is 2.70 bits per heavy atom. The molecule has 0 spiro atoms. The average molecular weight is 299 g/mol. The van der Waals surface area contributed by atoms with Crippen molar-refractivity contribution in [3.05, 3.63) is 29.0 Å². The van der Waals surface area contributed by atoms with Gasteiger partial charge in [0.15, 0.2) is 0 Å². The van der Waals surface area contributed by atoms with Crippen molar-refractivity contribution in [3.8, 4) is 0 Å². The van der Waals surface area contributed by atoms with Crippen LogP contribution in [0, 0.1) is 5.92 Å². The molecule has 0 radical (unpaired) electrons. The molecule has 1 aromatic rings. The predicted molar refractivity (Wildman–Crippen MR) is 76.6 cm³/mol. The molecule has 6 heteroatoms. The van der Waals surface area contributed by atoms with Crippen LogP contribution in [0.1, 0.15) is 31.3 Å². The van der Waals surface area contributed by atoms with Crippen molar-refractivity contribution in [1.29, 1.82) is 0 Å². The number of hydrogen-bond donors (Lipinski definition) is 0. The van der Waals surface area contributed by atoms with Gasteiger partial charge in [-0.05, 0) is 25.0 Å². The van der Waals surface area contributed by atoms with Crippen LogP contribution in [0.3, 0.4) is 0 Å². The Hall–Kier alpha value is -1.62. The lowest BCUT2D eigenvalue weighted by Gasteiger charge is -2.23. The summed E-state index contributed by atoms with van der Waals surface area (Å²) in [6.07, 6.45) is 1.47. The molecular formula is C14H19ClN2O3. The first-order valence-electron chi connectivity index (χ1n) is 6.50. The lowest BCUT2D eigenvalue weighted by Crippen LogP contribution is -2.39. The fourth-order valence-electron chi connectivity index (χ4n) is 1.71. The molecule has 0 atom stereocenters. The van der Waals surface area contributed by atoms with Crippen molar-refractivity contribution in [3.63, 3.8) is 0 Å². The van der Waals surface area contributed by atoms with Crippen LogP contribution >= 0.6 is 11.6 Å². The number of pyridine rings is 1. The minimum Gasteiger partial charge on any atom is -0.465 e. The Kier molecular flexibility index (Phi) is 6.45. The lowest BCUT2D eigenvalue weighted by atomic mass is 10.2. The van der Waals surface area contributed by atoms with Crippen molar-refractivity contribution < 1.29 is 14.3 Å². The van der Waals surface area contributed by atoms with E-state index in [1.54, 1.807) is 13.0 Å². The molecule has 110 valence electrons. The number of carbonyl (C=O) groups is 2. The molecule has 0 aliphatic rings. The van der Waals surface area contributed by atoms with Gasteiger partial charge in [-0.1, -0.05) is 25.4 Å². The number of hydrogen-bond acceptors (Lipinski definition) is 4. The largest absolute Gasteiger partial charge is 0.465 e. The van der Waals surface area contributed by atoms with Gasteiger partial charge in [0.1, 0.15) is 12.2 Å². The van der Waals surface area contributed by atoms with Crippen LogP contribution in [0.2, 0.25) is 5.02 Å². The van der Waals surface area contributed by atoms with E-state index < -0.39 is 5.97 Å². The van der Waals surface area contributed by atoms with Crippen LogP contribution in [0.15, 0.2) is 18.3 Å². The Labute approximate surface area is 123 Å². The summed E-state index contributed by atoms with van der Waals surface area (Å²) in [4.78, 5) is 29.4. The van der Waals surface area contributed by atoms with Crippen molar-refractivity contribution in [2.75, 3.05) is 19.7 Å². The molecular weight excluding hydrogens is 280 g/mol. The number of rotatable bonds is 6. The van der Waals surface area contributed by atoms with Gasteiger partial charge in [-0.2, -0.15) is 0 Å². The predicted octanol–water partition coefficient (Wildman–Crippen LogP) is 2.40. The third-order valence-electron chi connectivity index (χ3n) is 2.44. The van der Waals surface area contributed by atoms with Gasteiger partial charge in [-0.25, -0.2) is 0 Å². The molecule has 1 heterocycles. The van der Waals surface area contributed by atoms with Gasteiger partial charge in [0.25, 0.3) is 5.91 Å². The van der Waals surface area contributed by atoms with E-state index in [0.717, 1.165) is 0 Å². The number of halogens is 1. The fraction of sp³-hybridized carbons (Fsp3) is 0.500. The SMILES string of the molecule is CCOC(=O)CN(CC(C)C)C(=O)c1cc(Cl)ccn1. The minimum absolute atomic E-state index is 0.0843. The molecule has 0 N–H and O–H groups in total. The molecule has 0 fully saturated rings. The summed E-state index contributed by atoms with van der Waals surface area (Å²) in [5.41, 5.74) is 0.224. The Morgan fingerprint density at radius 2 is 2.15 bits per heavy atom. The maximum atomic E-state index is 12.4. The van der Waals surface area contributed by atoms with Gasteiger partial charge in [0.2, 0.25) is 0 Å². The smallest absolute Gasteiger partial charge is 0.325 e. The minimum atomic E-state index is -0.427. The van der Waals surface area contributed by atoms with Gasteiger partial charge in [0, 0.05) is 17.8 Å². The maximum Gasteiger partial charge on any atom is 0.325 e. The Balaban J connectivity index is 2.86. The van der Waals surface area contributed by atoms with E-state index in [1.807, 2.05) is 13.8 Å². The van der Waals surface area contributed by atoms with Crippen molar-refractivity contribution in [2.45, 2.75) is 20.8 Å². The summed E-state index contributed by atoms with van der Waals surface area (Å²) in [5.74, 6) is -0.523. The molecule has 0 saturated heterocycles. The van der Waals surface area contributed by atoms with Crippen LogP contribution < -0.4 is 0 Å². The zero-order valence-corrected chi connectivity index (χ0v) is 12.7. The Morgan fingerprint density at radius 1 is 1.45 bits per heavy atom. The summed E-state index contributed by atoms with van der Waals surface area (Å²) >= 11 is 5.85.